The average molecular weight is 260 g/mol. The third-order valence-electron chi connectivity index (χ3n) is 1.45. The first-order chi connectivity index (χ1) is 8.46. The molecule has 0 spiro atoms. The summed E-state index contributed by atoms with van der Waals surface area (Å²) in [5.74, 6) is -3.48. The lowest BCUT2D eigenvalue weighted by Gasteiger charge is -2.03. The van der Waals surface area contributed by atoms with Crippen molar-refractivity contribution in [3.63, 3.8) is 0 Å². The number of nitrogens with zero attached hydrogens (tertiary/aromatic N) is 2. The van der Waals surface area contributed by atoms with Gasteiger partial charge in [0.1, 0.15) is 0 Å². The molecule has 0 aromatic rings. The molecule has 100 valence electrons. The Morgan fingerprint density at radius 1 is 1.17 bits per heavy atom. The number of hydrogen-bond donors (Lipinski definition) is 3. The third-order valence-corrected chi connectivity index (χ3v) is 1.45. The topological polar surface area (TPSA) is 159 Å². The second-order valence-electron chi connectivity index (χ2n) is 2.58. The number of amidine groups is 2. The third kappa shape index (κ3) is 4.83. The highest BCUT2D eigenvalue weighted by molar-refractivity contribution is 6.38. The Labute approximate surface area is 101 Å². The zero-order valence-corrected chi connectivity index (χ0v) is 9.61. The van der Waals surface area contributed by atoms with Gasteiger partial charge in [0, 0.05) is 0 Å². The van der Waals surface area contributed by atoms with E-state index in [1.165, 1.54) is 0 Å². The Hall–Kier alpha value is -2.78. The Morgan fingerprint density at radius 3 is 2.22 bits per heavy atom. The zero-order chi connectivity index (χ0) is 14.1. The summed E-state index contributed by atoms with van der Waals surface area (Å²) in [7, 11) is 2.16. The van der Waals surface area contributed by atoms with Gasteiger partial charge in [0.05, 0.1) is 20.3 Å². The highest BCUT2D eigenvalue weighted by Gasteiger charge is 2.15. The second-order valence-corrected chi connectivity index (χ2v) is 2.58. The van der Waals surface area contributed by atoms with Gasteiger partial charge in [-0.15, -0.1) is 0 Å². The molecule has 0 saturated carbocycles. The van der Waals surface area contributed by atoms with Crippen molar-refractivity contribution in [2.24, 2.45) is 21.8 Å². The summed E-state index contributed by atoms with van der Waals surface area (Å²) in [6.45, 7) is 0. The molecule has 0 aliphatic heterocycles. The fraction of sp³-hybridized carbons (Fsp3) is 0.250. The van der Waals surface area contributed by atoms with Gasteiger partial charge in [-0.2, -0.15) is 0 Å². The number of methoxy groups -OCH3 is 2. The van der Waals surface area contributed by atoms with Gasteiger partial charge in [-0.25, -0.2) is 9.59 Å². The van der Waals surface area contributed by atoms with Crippen LogP contribution in [0.25, 0.3) is 0 Å². The summed E-state index contributed by atoms with van der Waals surface area (Å²) in [6, 6.07) is 0. The van der Waals surface area contributed by atoms with Crippen molar-refractivity contribution in [1.82, 2.24) is 0 Å². The molecule has 0 unspecified atom stereocenters. The first-order valence-corrected chi connectivity index (χ1v) is 4.32. The van der Waals surface area contributed by atoms with E-state index in [1.807, 2.05) is 0 Å². The monoisotopic (exact) mass is 260 g/mol. The van der Waals surface area contributed by atoms with Gasteiger partial charge in [-0.1, -0.05) is 10.3 Å². The fourth-order valence-corrected chi connectivity index (χ4v) is 0.585. The second kappa shape index (κ2) is 7.49. The summed E-state index contributed by atoms with van der Waals surface area (Å²) in [5, 5.41) is 14.0. The summed E-state index contributed by atoms with van der Waals surface area (Å²) in [5.41, 5.74) is 10.3. The van der Waals surface area contributed by atoms with Crippen LogP contribution < -0.4 is 11.5 Å². The first kappa shape index (κ1) is 15.2. The predicted molar refractivity (Wildman–Crippen MR) is 58.2 cm³/mol. The molecule has 18 heavy (non-hydrogen) atoms. The number of ether oxygens (including phenoxy) is 2. The van der Waals surface area contributed by atoms with E-state index in [4.69, 9.17) is 16.7 Å². The van der Waals surface area contributed by atoms with E-state index in [0.717, 1.165) is 14.2 Å². The van der Waals surface area contributed by atoms with Crippen molar-refractivity contribution in [2.75, 3.05) is 14.2 Å². The molecule has 5 N–H and O–H groups in total. The lowest BCUT2D eigenvalue weighted by molar-refractivity contribution is -0.142. The number of hydrogen-bond acceptors (Lipinski definition) is 8. The van der Waals surface area contributed by atoms with Gasteiger partial charge in [0.2, 0.25) is 17.4 Å². The van der Waals surface area contributed by atoms with Gasteiger partial charge in [0.15, 0.2) is 0 Å². The summed E-state index contributed by atoms with van der Waals surface area (Å²) < 4.78 is 8.60. The molecular weight excluding hydrogens is 248 g/mol. The highest BCUT2D eigenvalue weighted by Crippen LogP contribution is 2.01. The highest BCUT2D eigenvalue weighted by atomic mass is 16.7. The lowest BCUT2D eigenvalue weighted by Crippen LogP contribution is -2.31. The van der Waals surface area contributed by atoms with E-state index in [9.17, 15) is 9.59 Å². The van der Waals surface area contributed by atoms with E-state index < -0.39 is 29.4 Å². The SMILES string of the molecule is COC(=O)/C=C(/O/N=C(N)/C(N)=N\O)C(=O)OC. The molecule has 0 radical (unpaired) electrons. The Morgan fingerprint density at radius 2 is 1.78 bits per heavy atom. The predicted octanol–water partition coefficient (Wildman–Crippen LogP) is -1.75. The number of nitrogens with two attached hydrogens (primary N) is 2. The van der Waals surface area contributed by atoms with E-state index in [0.29, 0.717) is 6.08 Å². The van der Waals surface area contributed by atoms with Crippen LogP contribution in [0.15, 0.2) is 22.1 Å². The van der Waals surface area contributed by atoms with Crippen LogP contribution >= 0.6 is 0 Å². The van der Waals surface area contributed by atoms with Crippen LogP contribution in [-0.2, 0) is 23.9 Å². The van der Waals surface area contributed by atoms with E-state index in [2.05, 4.69) is 24.6 Å². The van der Waals surface area contributed by atoms with E-state index in [1.54, 1.807) is 0 Å². The number of esters is 2. The van der Waals surface area contributed by atoms with Crippen LogP contribution in [0.2, 0.25) is 0 Å². The van der Waals surface area contributed by atoms with Gasteiger partial charge in [0.25, 0.3) is 0 Å². The molecule has 10 nitrogen and oxygen atoms in total. The van der Waals surface area contributed by atoms with Gasteiger partial charge < -0.3 is 31.0 Å². The van der Waals surface area contributed by atoms with E-state index >= 15 is 0 Å². The molecule has 0 aromatic heterocycles. The first-order valence-electron chi connectivity index (χ1n) is 4.32. The molecule has 10 heteroatoms. The Bertz CT molecular complexity index is 414. The lowest BCUT2D eigenvalue weighted by atomic mass is 10.4. The molecule has 0 aliphatic rings. The zero-order valence-electron chi connectivity index (χ0n) is 9.61. The van der Waals surface area contributed by atoms with E-state index in [-0.39, 0.29) is 0 Å². The maximum absolute atomic E-state index is 11.2. The minimum absolute atomic E-state index is 0.503. The molecule has 0 amide bonds. The van der Waals surface area contributed by atoms with Crippen molar-refractivity contribution >= 4 is 23.6 Å². The molecule has 0 heterocycles. The minimum Gasteiger partial charge on any atom is -0.466 e. The fourth-order valence-electron chi connectivity index (χ4n) is 0.585. The summed E-state index contributed by atoms with van der Waals surface area (Å²) >= 11 is 0. The number of rotatable bonds is 4. The Kier molecular flexibility index (Phi) is 6.33. The molecular formula is C8H12N4O6. The van der Waals surface area contributed by atoms with Crippen LogP contribution in [0, 0.1) is 0 Å². The van der Waals surface area contributed by atoms with Crippen LogP contribution in [-0.4, -0.2) is 43.0 Å². The minimum atomic E-state index is -0.989. The molecule has 0 atom stereocenters. The summed E-state index contributed by atoms with van der Waals surface area (Å²) in [4.78, 5) is 26.6. The van der Waals surface area contributed by atoms with Crippen LogP contribution in [0.4, 0.5) is 0 Å². The van der Waals surface area contributed by atoms with Crippen molar-refractivity contribution in [3.8, 4) is 0 Å². The van der Waals surface area contributed by atoms with Crippen molar-refractivity contribution in [3.05, 3.63) is 11.8 Å². The van der Waals surface area contributed by atoms with Crippen LogP contribution in [0.1, 0.15) is 0 Å². The van der Waals surface area contributed by atoms with Gasteiger partial charge in [-0.3, -0.25) is 0 Å². The van der Waals surface area contributed by atoms with Gasteiger partial charge in [-0.05, 0) is 0 Å². The van der Waals surface area contributed by atoms with Crippen LogP contribution in [0.3, 0.4) is 0 Å². The molecule has 0 bridgehead atoms. The average Bonchev–Trinajstić information content (AvgIpc) is 2.40. The van der Waals surface area contributed by atoms with Crippen molar-refractivity contribution in [2.45, 2.75) is 0 Å². The Balaban J connectivity index is 4.99. The molecule has 0 fully saturated rings. The smallest absolute Gasteiger partial charge is 0.377 e. The molecule has 0 saturated heterocycles. The number of carbonyl (C=O) groups is 2. The normalized spacial score (nSPS) is 12.9. The summed E-state index contributed by atoms with van der Waals surface area (Å²) in [6.07, 6.45) is 0.689. The largest absolute Gasteiger partial charge is 0.466 e. The number of oxime groups is 2. The quantitative estimate of drug-likeness (QED) is 0.102. The maximum atomic E-state index is 11.2. The van der Waals surface area contributed by atoms with Gasteiger partial charge >= 0.3 is 11.9 Å². The maximum Gasteiger partial charge on any atom is 0.377 e. The number of carbonyl (C=O) groups excluding carboxylic acids is 2. The molecule has 0 aliphatic carbocycles. The van der Waals surface area contributed by atoms with Crippen molar-refractivity contribution in [1.29, 1.82) is 0 Å². The standard InChI is InChI=1S/C8H12N4O6/c1-16-5(13)3-4(8(14)17-2)18-12-7(10)6(9)11-15/h3,15H,1-2H3,(H2,9,11)(H2,10,12)/b4-3+. The van der Waals surface area contributed by atoms with Crippen molar-refractivity contribution < 1.29 is 29.1 Å². The molecule has 0 rings (SSSR count). The molecule has 0 aromatic carbocycles. The van der Waals surface area contributed by atoms with Crippen LogP contribution in [0.5, 0.6) is 0 Å².